The summed E-state index contributed by atoms with van der Waals surface area (Å²) in [6.07, 6.45) is 0.229. The Labute approximate surface area is 157 Å². The van der Waals surface area contributed by atoms with Gasteiger partial charge in [-0.05, 0) is 61.7 Å². The fourth-order valence-corrected chi connectivity index (χ4v) is 2.08. The van der Waals surface area contributed by atoms with Gasteiger partial charge in [0.05, 0.1) is 0 Å². The van der Waals surface area contributed by atoms with Gasteiger partial charge < -0.3 is 10.4 Å². The van der Waals surface area contributed by atoms with Gasteiger partial charge in [0, 0.05) is 36.9 Å². The number of aliphatic hydroxyl groups is 1. The third kappa shape index (κ3) is 8.69. The molecule has 26 heavy (non-hydrogen) atoms. The fraction of sp³-hybridized carbons (Fsp3) is 0.391. The average molecular weight is 355 g/mol. The van der Waals surface area contributed by atoms with Gasteiger partial charge in [-0.15, -0.1) is 0 Å². The maximum Gasteiger partial charge on any atom is 0.107 e. The molecule has 3 heteroatoms. The molecule has 0 amide bonds. The average Bonchev–Trinajstić information content (AvgIpc) is 2.60. The molecule has 0 aliphatic heterocycles. The summed E-state index contributed by atoms with van der Waals surface area (Å²) in [5.41, 5.74) is 3.35. The Balaban J connectivity index is 0.000000412. The van der Waals surface area contributed by atoms with Crippen molar-refractivity contribution in [3.8, 4) is 11.8 Å². The lowest BCUT2D eigenvalue weighted by Gasteiger charge is -2.09. The van der Waals surface area contributed by atoms with Crippen molar-refractivity contribution in [2.75, 3.05) is 19.0 Å². The van der Waals surface area contributed by atoms with Crippen molar-refractivity contribution in [3.63, 3.8) is 0 Å². The summed E-state index contributed by atoms with van der Waals surface area (Å²) < 4.78 is 12.2. The topological polar surface area (TPSA) is 32.3 Å². The van der Waals surface area contributed by atoms with Gasteiger partial charge in [-0.2, -0.15) is 0 Å². The third-order valence-electron chi connectivity index (χ3n) is 3.81. The van der Waals surface area contributed by atoms with Gasteiger partial charge in [-0.1, -0.05) is 37.8 Å². The molecule has 0 unspecified atom stereocenters. The van der Waals surface area contributed by atoms with E-state index in [0.717, 1.165) is 16.8 Å². The predicted octanol–water partition coefficient (Wildman–Crippen LogP) is 5.37. The first-order valence-electron chi connectivity index (χ1n) is 8.94. The molecule has 0 saturated heterocycles. The van der Waals surface area contributed by atoms with Crippen LogP contribution >= 0.6 is 0 Å². The number of alkyl halides is 1. The van der Waals surface area contributed by atoms with Crippen LogP contribution in [0.4, 0.5) is 10.1 Å². The largest absolute Gasteiger partial charge is 0.396 e. The Morgan fingerprint density at radius 2 is 1.42 bits per heavy atom. The Hall–Kier alpha value is -2.31. The maximum absolute atomic E-state index is 12.2. The van der Waals surface area contributed by atoms with Crippen LogP contribution in [0.3, 0.4) is 0 Å². The molecule has 0 bridgehead atoms. The number of nitrogens with one attached hydrogen (secondary N) is 1. The summed E-state index contributed by atoms with van der Waals surface area (Å²) in [5, 5.41) is 11.3. The van der Waals surface area contributed by atoms with E-state index in [1.54, 1.807) is 0 Å². The van der Waals surface area contributed by atoms with Gasteiger partial charge in [0.25, 0.3) is 0 Å². The van der Waals surface area contributed by atoms with E-state index in [9.17, 15) is 4.39 Å². The van der Waals surface area contributed by atoms with Crippen molar-refractivity contribution in [1.29, 1.82) is 0 Å². The van der Waals surface area contributed by atoms with Crippen molar-refractivity contribution >= 4 is 5.69 Å². The number of aliphatic hydroxyl groups excluding tert-OH is 1. The minimum absolute atomic E-state index is 0.0660. The molecule has 2 aromatic carbocycles. The van der Waals surface area contributed by atoms with E-state index in [-0.39, 0.29) is 13.0 Å². The van der Waals surface area contributed by atoms with Gasteiger partial charge in [-0.25, -0.2) is 4.39 Å². The van der Waals surface area contributed by atoms with Crippen LogP contribution in [0.25, 0.3) is 0 Å². The summed E-state index contributed by atoms with van der Waals surface area (Å²) in [4.78, 5) is 0. The third-order valence-corrected chi connectivity index (χ3v) is 3.81. The normalized spacial score (nSPS) is 10.5. The van der Waals surface area contributed by atoms with Crippen molar-refractivity contribution in [1.82, 2.24) is 0 Å². The van der Waals surface area contributed by atoms with Crippen LogP contribution in [0.15, 0.2) is 48.5 Å². The van der Waals surface area contributed by atoms with E-state index < -0.39 is 5.67 Å². The van der Waals surface area contributed by atoms with Crippen LogP contribution in [-0.4, -0.2) is 24.4 Å². The molecule has 2 rings (SSSR count). The molecular weight excluding hydrogens is 325 g/mol. The molecule has 0 heterocycles. The van der Waals surface area contributed by atoms with Crippen molar-refractivity contribution in [2.45, 2.75) is 45.7 Å². The van der Waals surface area contributed by atoms with Gasteiger partial charge in [-0.3, -0.25) is 0 Å². The van der Waals surface area contributed by atoms with Crippen LogP contribution in [0.5, 0.6) is 0 Å². The first-order valence-corrected chi connectivity index (χ1v) is 8.94. The predicted molar refractivity (Wildman–Crippen MR) is 109 cm³/mol. The zero-order valence-corrected chi connectivity index (χ0v) is 16.4. The molecule has 0 spiro atoms. The van der Waals surface area contributed by atoms with Crippen LogP contribution in [0.2, 0.25) is 0 Å². The molecule has 0 fully saturated rings. The number of hydrogen-bond acceptors (Lipinski definition) is 2. The van der Waals surface area contributed by atoms with E-state index in [1.807, 2.05) is 31.3 Å². The van der Waals surface area contributed by atoms with Gasteiger partial charge in [0.1, 0.15) is 5.67 Å². The Morgan fingerprint density at radius 3 is 1.73 bits per heavy atom. The number of benzene rings is 2. The summed E-state index contributed by atoms with van der Waals surface area (Å²) >= 11 is 0. The Morgan fingerprint density at radius 1 is 0.962 bits per heavy atom. The first-order chi connectivity index (χ1) is 12.2. The second-order valence-corrected chi connectivity index (χ2v) is 7.05. The first kappa shape index (κ1) is 21.7. The molecule has 0 aromatic heterocycles. The van der Waals surface area contributed by atoms with Crippen molar-refractivity contribution in [2.24, 2.45) is 0 Å². The summed E-state index contributed by atoms with van der Waals surface area (Å²) in [6.45, 7) is 7.23. The SMILES string of the molecule is CC(C)(F)CCO.CNc1ccc(C#Cc2ccc(C(C)C)cc2)cc1. The number of halogens is 1. The molecule has 2 aromatic rings. The molecule has 140 valence electrons. The maximum atomic E-state index is 12.2. The van der Waals surface area contributed by atoms with Crippen molar-refractivity contribution in [3.05, 3.63) is 65.2 Å². The van der Waals surface area contributed by atoms with Gasteiger partial charge in [0.15, 0.2) is 0 Å². The zero-order valence-electron chi connectivity index (χ0n) is 16.4. The number of hydrogen-bond donors (Lipinski definition) is 2. The zero-order chi connectivity index (χ0) is 19.6. The highest BCUT2D eigenvalue weighted by Gasteiger charge is 2.12. The molecule has 2 nitrogen and oxygen atoms in total. The lowest BCUT2D eigenvalue weighted by atomic mass is 10.0. The minimum Gasteiger partial charge on any atom is -0.396 e. The van der Waals surface area contributed by atoms with E-state index >= 15 is 0 Å². The Kier molecular flexibility index (Phi) is 8.88. The monoisotopic (exact) mass is 355 g/mol. The number of anilines is 1. The minimum atomic E-state index is -1.20. The Bertz CT molecular complexity index is 701. The molecule has 0 aliphatic carbocycles. The lowest BCUT2D eigenvalue weighted by Crippen LogP contribution is -2.12. The van der Waals surface area contributed by atoms with Gasteiger partial charge in [0.2, 0.25) is 0 Å². The quantitative estimate of drug-likeness (QED) is 0.723. The molecule has 0 radical (unpaired) electrons. The van der Waals surface area contributed by atoms with Crippen LogP contribution in [-0.2, 0) is 0 Å². The fourth-order valence-electron chi connectivity index (χ4n) is 2.08. The standard InChI is InChI=1S/C18H19N.C5H11FO/c1-14(2)17-10-6-15(7-11-17)4-5-16-8-12-18(19-3)13-9-16;1-5(2,6)3-4-7/h6-14,19H,1-3H3;7H,3-4H2,1-2H3. The van der Waals surface area contributed by atoms with Crippen molar-refractivity contribution < 1.29 is 9.50 Å². The molecule has 2 N–H and O–H groups in total. The summed E-state index contributed by atoms with van der Waals surface area (Å²) in [7, 11) is 1.91. The molecular formula is C23H30FNO. The second-order valence-electron chi connectivity index (χ2n) is 7.05. The molecule has 0 atom stereocenters. The van der Waals surface area contributed by atoms with E-state index in [0.29, 0.717) is 5.92 Å². The van der Waals surface area contributed by atoms with Crippen LogP contribution in [0.1, 0.15) is 56.7 Å². The van der Waals surface area contributed by atoms with E-state index in [4.69, 9.17) is 5.11 Å². The molecule has 0 aliphatic rings. The molecule has 0 saturated carbocycles. The smallest absolute Gasteiger partial charge is 0.107 e. The highest BCUT2D eigenvalue weighted by Crippen LogP contribution is 2.14. The summed E-state index contributed by atoms with van der Waals surface area (Å²) in [6, 6.07) is 16.6. The highest BCUT2D eigenvalue weighted by molar-refractivity contribution is 5.49. The van der Waals surface area contributed by atoms with Crippen LogP contribution in [0, 0.1) is 11.8 Å². The van der Waals surface area contributed by atoms with Crippen LogP contribution < -0.4 is 5.32 Å². The number of rotatable bonds is 4. The highest BCUT2D eigenvalue weighted by atomic mass is 19.1. The lowest BCUT2D eigenvalue weighted by molar-refractivity contribution is 0.152. The van der Waals surface area contributed by atoms with E-state index in [2.05, 4.69) is 55.3 Å². The second kappa shape index (κ2) is 10.6. The summed E-state index contributed by atoms with van der Waals surface area (Å²) in [5.74, 6) is 6.94. The van der Waals surface area contributed by atoms with E-state index in [1.165, 1.54) is 19.4 Å². The van der Waals surface area contributed by atoms with Gasteiger partial charge >= 0.3 is 0 Å².